The van der Waals surface area contributed by atoms with Gasteiger partial charge in [0.05, 0.1) is 0 Å². The van der Waals surface area contributed by atoms with E-state index < -0.39 is 0 Å². The van der Waals surface area contributed by atoms with Gasteiger partial charge in [-0.2, -0.15) is 0 Å². The summed E-state index contributed by atoms with van der Waals surface area (Å²) < 4.78 is 5.87. The molecule has 1 atom stereocenters. The number of nitrogens with one attached hydrogen (secondary N) is 1. The fraction of sp³-hybridized carbons (Fsp3) is 0.464. The van der Waals surface area contributed by atoms with Gasteiger partial charge in [0, 0.05) is 43.2 Å². The lowest BCUT2D eigenvalue weighted by molar-refractivity contribution is -0.126. The number of piperidine rings is 1. The van der Waals surface area contributed by atoms with Gasteiger partial charge in [0.15, 0.2) is 5.58 Å². The van der Waals surface area contributed by atoms with E-state index in [1.165, 1.54) is 0 Å². The predicted molar refractivity (Wildman–Crippen MR) is 138 cm³/mol. The first-order valence-corrected chi connectivity index (χ1v) is 12.8. The Balaban J connectivity index is 1.32. The summed E-state index contributed by atoms with van der Waals surface area (Å²) in [5.74, 6) is 0.916. The lowest BCUT2D eigenvalue weighted by Gasteiger charge is -2.34. The summed E-state index contributed by atoms with van der Waals surface area (Å²) in [6.45, 7) is 11.1. The Bertz CT molecular complexity index is 1130. The van der Waals surface area contributed by atoms with Crippen LogP contribution in [0.1, 0.15) is 44.0 Å². The quantitative estimate of drug-likeness (QED) is 0.494. The molecule has 0 radical (unpaired) electrons. The molecule has 1 fully saturated rings. The molecular weight excluding hydrogens is 440 g/mol. The van der Waals surface area contributed by atoms with Crippen LogP contribution < -0.4 is 5.32 Å². The maximum Gasteiger partial charge on any atom is 0.253 e. The van der Waals surface area contributed by atoms with Crippen molar-refractivity contribution >= 4 is 22.9 Å². The summed E-state index contributed by atoms with van der Waals surface area (Å²) in [7, 11) is 0. The van der Waals surface area contributed by atoms with Gasteiger partial charge in [0.1, 0.15) is 5.52 Å². The maximum atomic E-state index is 13.2. The van der Waals surface area contributed by atoms with E-state index in [4.69, 9.17) is 4.42 Å². The molecule has 2 aromatic carbocycles. The molecule has 7 nitrogen and oxygen atoms in total. The summed E-state index contributed by atoms with van der Waals surface area (Å²) in [6, 6.07) is 15.2. The first-order valence-electron chi connectivity index (χ1n) is 12.8. The van der Waals surface area contributed by atoms with Crippen LogP contribution in [0.3, 0.4) is 0 Å². The minimum Gasteiger partial charge on any atom is -0.436 e. The Labute approximate surface area is 207 Å². The van der Waals surface area contributed by atoms with Crippen molar-refractivity contribution in [1.82, 2.24) is 20.1 Å². The smallest absolute Gasteiger partial charge is 0.253 e. The molecule has 2 amide bonds. The second-order valence-electron chi connectivity index (χ2n) is 9.30. The number of fused-ring (bicyclic) bond motifs is 1. The number of benzene rings is 2. The number of hydrogen-bond donors (Lipinski definition) is 1. The fourth-order valence-corrected chi connectivity index (χ4v) is 4.80. The molecule has 186 valence electrons. The van der Waals surface area contributed by atoms with Crippen molar-refractivity contribution in [2.75, 3.05) is 39.3 Å². The average molecular weight is 477 g/mol. The van der Waals surface area contributed by atoms with Crippen LogP contribution in [0.25, 0.3) is 22.6 Å². The van der Waals surface area contributed by atoms with Gasteiger partial charge in [-0.1, -0.05) is 39.0 Å². The molecule has 0 unspecified atom stereocenters. The van der Waals surface area contributed by atoms with Crippen molar-refractivity contribution in [2.45, 2.75) is 33.6 Å². The van der Waals surface area contributed by atoms with Crippen LogP contribution >= 0.6 is 0 Å². The highest BCUT2D eigenvalue weighted by Gasteiger charge is 2.30. The monoisotopic (exact) mass is 476 g/mol. The van der Waals surface area contributed by atoms with Crippen molar-refractivity contribution in [3.63, 3.8) is 0 Å². The van der Waals surface area contributed by atoms with Crippen molar-refractivity contribution in [1.29, 1.82) is 0 Å². The SMILES string of the molecule is CCN(CC)CCNC(=O)[C@H](C)C1CCN(C(=O)c2ccc3oc(-c4ccccc4)nc3c2)CC1. The summed E-state index contributed by atoms with van der Waals surface area (Å²) in [4.78, 5) is 34.6. The first kappa shape index (κ1) is 24.9. The Hall–Kier alpha value is -3.19. The summed E-state index contributed by atoms with van der Waals surface area (Å²) in [5.41, 5.74) is 2.87. The number of amides is 2. The van der Waals surface area contributed by atoms with Gasteiger partial charge in [-0.3, -0.25) is 9.59 Å². The molecule has 0 bridgehead atoms. The van der Waals surface area contributed by atoms with E-state index in [0.717, 1.165) is 38.0 Å². The van der Waals surface area contributed by atoms with Crippen molar-refractivity contribution in [2.24, 2.45) is 11.8 Å². The number of nitrogens with zero attached hydrogens (tertiary/aromatic N) is 3. The topological polar surface area (TPSA) is 78.7 Å². The molecule has 0 spiro atoms. The van der Waals surface area contributed by atoms with E-state index in [1.54, 1.807) is 0 Å². The molecule has 7 heteroatoms. The van der Waals surface area contributed by atoms with Gasteiger partial charge in [0.2, 0.25) is 11.8 Å². The van der Waals surface area contributed by atoms with Crippen LogP contribution in [-0.2, 0) is 4.79 Å². The number of oxazole rings is 1. The van der Waals surface area contributed by atoms with E-state index in [0.29, 0.717) is 48.1 Å². The molecule has 1 saturated heterocycles. The number of hydrogen-bond acceptors (Lipinski definition) is 5. The van der Waals surface area contributed by atoms with E-state index in [9.17, 15) is 9.59 Å². The van der Waals surface area contributed by atoms with E-state index in [1.807, 2.05) is 60.4 Å². The molecule has 0 saturated carbocycles. The van der Waals surface area contributed by atoms with Gasteiger partial charge in [-0.05, 0) is 62.2 Å². The van der Waals surface area contributed by atoms with Crippen LogP contribution in [0, 0.1) is 11.8 Å². The molecule has 1 aliphatic rings. The second kappa shape index (κ2) is 11.5. The first-order chi connectivity index (χ1) is 17.0. The molecule has 1 aromatic heterocycles. The Morgan fingerprint density at radius 1 is 1.11 bits per heavy atom. The lowest BCUT2D eigenvalue weighted by Crippen LogP contribution is -2.43. The average Bonchev–Trinajstić information content (AvgIpc) is 3.34. The van der Waals surface area contributed by atoms with Gasteiger partial charge < -0.3 is 19.5 Å². The molecule has 2 heterocycles. The van der Waals surface area contributed by atoms with Crippen LogP contribution in [-0.4, -0.2) is 65.9 Å². The number of likely N-dealkylation sites (tertiary alicyclic amines) is 1. The van der Waals surface area contributed by atoms with Crippen molar-refractivity contribution < 1.29 is 14.0 Å². The Kier molecular flexibility index (Phi) is 8.18. The van der Waals surface area contributed by atoms with Crippen molar-refractivity contribution in [3.05, 3.63) is 54.1 Å². The third-order valence-electron chi connectivity index (χ3n) is 7.22. The van der Waals surface area contributed by atoms with Crippen LogP contribution in [0.15, 0.2) is 52.9 Å². The standard InChI is InChI=1S/C28H36N4O3/c1-4-31(5-2)18-15-29-26(33)20(3)21-13-16-32(17-14-21)28(34)23-11-12-25-24(19-23)30-27(35-25)22-9-7-6-8-10-22/h6-12,19-21H,4-5,13-18H2,1-3H3,(H,29,33)/t20-/m1/s1. The molecule has 1 N–H and O–H groups in total. The predicted octanol–water partition coefficient (Wildman–Crippen LogP) is 4.44. The minimum absolute atomic E-state index is 0.00550. The number of carbonyl (C=O) groups excluding carboxylic acids is 2. The van der Waals surface area contributed by atoms with Gasteiger partial charge >= 0.3 is 0 Å². The molecule has 4 rings (SSSR count). The van der Waals surface area contributed by atoms with Gasteiger partial charge in [-0.15, -0.1) is 0 Å². The van der Waals surface area contributed by atoms with E-state index in [-0.39, 0.29) is 17.7 Å². The zero-order chi connectivity index (χ0) is 24.8. The van der Waals surface area contributed by atoms with Crippen LogP contribution in [0.5, 0.6) is 0 Å². The third-order valence-corrected chi connectivity index (χ3v) is 7.22. The van der Waals surface area contributed by atoms with Gasteiger partial charge in [-0.25, -0.2) is 4.98 Å². The minimum atomic E-state index is -0.0492. The number of likely N-dealkylation sites (N-methyl/N-ethyl adjacent to an activating group) is 1. The Morgan fingerprint density at radius 3 is 2.51 bits per heavy atom. The summed E-state index contributed by atoms with van der Waals surface area (Å²) >= 11 is 0. The normalized spacial score (nSPS) is 15.5. The third kappa shape index (κ3) is 5.90. The van der Waals surface area contributed by atoms with Gasteiger partial charge in [0.25, 0.3) is 5.91 Å². The highest BCUT2D eigenvalue weighted by atomic mass is 16.3. The fourth-order valence-electron chi connectivity index (χ4n) is 4.80. The summed E-state index contributed by atoms with van der Waals surface area (Å²) in [5, 5.41) is 3.09. The number of rotatable bonds is 9. The molecule has 35 heavy (non-hydrogen) atoms. The molecule has 0 aliphatic carbocycles. The lowest BCUT2D eigenvalue weighted by atomic mass is 9.84. The van der Waals surface area contributed by atoms with E-state index in [2.05, 4.69) is 29.0 Å². The largest absolute Gasteiger partial charge is 0.436 e. The zero-order valence-corrected chi connectivity index (χ0v) is 21.0. The van der Waals surface area contributed by atoms with Crippen LogP contribution in [0.2, 0.25) is 0 Å². The van der Waals surface area contributed by atoms with Crippen LogP contribution in [0.4, 0.5) is 0 Å². The number of carbonyl (C=O) groups is 2. The van der Waals surface area contributed by atoms with Crippen molar-refractivity contribution in [3.8, 4) is 11.5 Å². The molecule has 1 aliphatic heterocycles. The Morgan fingerprint density at radius 2 is 1.83 bits per heavy atom. The molecule has 3 aromatic rings. The highest BCUT2D eigenvalue weighted by Crippen LogP contribution is 2.28. The number of aromatic nitrogens is 1. The second-order valence-corrected chi connectivity index (χ2v) is 9.30. The molecular formula is C28H36N4O3. The highest BCUT2D eigenvalue weighted by molar-refractivity contribution is 5.97. The summed E-state index contributed by atoms with van der Waals surface area (Å²) in [6.07, 6.45) is 1.67. The van der Waals surface area contributed by atoms with E-state index >= 15 is 0 Å². The maximum absolute atomic E-state index is 13.2. The zero-order valence-electron chi connectivity index (χ0n) is 21.0.